The maximum Gasteiger partial charge on any atom is 0.237 e. The van der Waals surface area contributed by atoms with Crippen molar-refractivity contribution in [3.05, 3.63) is 41.5 Å². The average Bonchev–Trinajstić information content (AvgIpc) is 3.01. The zero-order chi connectivity index (χ0) is 18.0. The molecule has 0 unspecified atom stereocenters. The summed E-state index contributed by atoms with van der Waals surface area (Å²) < 4.78 is 68.1. The van der Waals surface area contributed by atoms with Gasteiger partial charge in [-0.05, 0) is 13.8 Å². The van der Waals surface area contributed by atoms with Crippen molar-refractivity contribution in [2.24, 2.45) is 0 Å². The van der Waals surface area contributed by atoms with Crippen LogP contribution in [0.4, 0.5) is 27.6 Å². The van der Waals surface area contributed by atoms with Crippen LogP contribution in [0.2, 0.25) is 0 Å². The molecule has 0 spiro atoms. The Bertz CT molecular complexity index is 751. The Hall–Kier alpha value is -2.10. The number of aryl methyl sites for hydroxylation is 1. The predicted molar refractivity (Wildman–Crippen MR) is 78.1 cm³/mol. The van der Waals surface area contributed by atoms with E-state index in [4.69, 9.17) is 0 Å². The second-order valence-electron chi connectivity index (χ2n) is 4.69. The van der Waals surface area contributed by atoms with Crippen LogP contribution in [0.25, 0.3) is 0 Å². The second kappa shape index (κ2) is 7.20. The Labute approximate surface area is 138 Å². The summed E-state index contributed by atoms with van der Waals surface area (Å²) in [5, 5.41) is 1.35. The van der Waals surface area contributed by atoms with E-state index in [1.54, 1.807) is 16.1 Å². The second-order valence-corrected chi connectivity index (χ2v) is 6.00. The molecule has 130 valence electrons. The summed E-state index contributed by atoms with van der Waals surface area (Å²) >= 11 is 0.985. The number of nitrogens with zero attached hydrogens (tertiary/aromatic N) is 2. The minimum atomic E-state index is -2.28. The number of aromatic nitrogens is 2. The van der Waals surface area contributed by atoms with Crippen LogP contribution in [-0.4, -0.2) is 20.7 Å². The molecule has 10 heteroatoms. The quantitative estimate of drug-likeness (QED) is 0.380. The number of imidazole rings is 1. The number of carbonyl (C=O) groups excluding carboxylic acids is 1. The molecule has 0 radical (unpaired) electrons. The molecule has 0 fully saturated rings. The number of carbonyl (C=O) groups is 1. The topological polar surface area (TPSA) is 46.9 Å². The molecule has 0 aliphatic heterocycles. The molecule has 2 rings (SSSR count). The fourth-order valence-corrected chi connectivity index (χ4v) is 2.73. The number of amides is 1. The lowest BCUT2D eigenvalue weighted by Crippen LogP contribution is -2.25. The summed E-state index contributed by atoms with van der Waals surface area (Å²) in [7, 11) is 0. The molecule has 0 aliphatic carbocycles. The van der Waals surface area contributed by atoms with Gasteiger partial charge in [0.2, 0.25) is 11.7 Å². The smallest absolute Gasteiger partial charge is 0.237 e. The minimum Gasteiger partial charge on any atom is -0.326 e. The lowest BCUT2D eigenvalue weighted by atomic mass is 10.2. The minimum absolute atomic E-state index is 0.484. The average molecular weight is 365 g/mol. The van der Waals surface area contributed by atoms with Crippen LogP contribution in [0.15, 0.2) is 17.6 Å². The highest BCUT2D eigenvalue weighted by molar-refractivity contribution is 8.00. The van der Waals surface area contributed by atoms with Gasteiger partial charge in [0, 0.05) is 18.9 Å². The van der Waals surface area contributed by atoms with E-state index in [2.05, 4.69) is 4.98 Å². The van der Waals surface area contributed by atoms with E-state index < -0.39 is 45.9 Å². The van der Waals surface area contributed by atoms with Crippen molar-refractivity contribution in [1.29, 1.82) is 0 Å². The van der Waals surface area contributed by atoms with Gasteiger partial charge in [-0.1, -0.05) is 11.8 Å². The van der Waals surface area contributed by atoms with Crippen molar-refractivity contribution in [2.75, 3.05) is 5.32 Å². The van der Waals surface area contributed by atoms with Crippen LogP contribution < -0.4 is 5.32 Å². The van der Waals surface area contributed by atoms with E-state index in [9.17, 15) is 26.7 Å². The number of halogens is 5. The number of thioether (sulfide) groups is 1. The highest BCUT2D eigenvalue weighted by atomic mass is 32.2. The normalized spacial score (nSPS) is 12.3. The third-order valence-electron chi connectivity index (χ3n) is 3.13. The monoisotopic (exact) mass is 365 g/mol. The molecular formula is C14H12F5N3OS. The van der Waals surface area contributed by atoms with Gasteiger partial charge in [-0.15, -0.1) is 0 Å². The van der Waals surface area contributed by atoms with Crippen molar-refractivity contribution in [2.45, 2.75) is 30.8 Å². The molecular weight excluding hydrogens is 353 g/mol. The van der Waals surface area contributed by atoms with Crippen molar-refractivity contribution < 1.29 is 26.7 Å². The maximum atomic E-state index is 13.6. The summed E-state index contributed by atoms with van der Waals surface area (Å²) in [5.74, 6) is -11.6. The first kappa shape index (κ1) is 18.2. The fraction of sp³-hybridized carbons (Fsp3) is 0.286. The van der Waals surface area contributed by atoms with Crippen molar-refractivity contribution in [3.63, 3.8) is 0 Å². The van der Waals surface area contributed by atoms with Crippen molar-refractivity contribution >= 4 is 23.4 Å². The van der Waals surface area contributed by atoms with E-state index in [0.717, 1.165) is 11.8 Å². The molecule has 0 saturated heterocycles. The first-order chi connectivity index (χ1) is 11.3. The Morgan fingerprint density at radius 3 is 2.25 bits per heavy atom. The van der Waals surface area contributed by atoms with Gasteiger partial charge in [0.1, 0.15) is 5.69 Å². The molecule has 1 amide bonds. The van der Waals surface area contributed by atoms with E-state index >= 15 is 0 Å². The van der Waals surface area contributed by atoms with E-state index in [0.29, 0.717) is 11.7 Å². The van der Waals surface area contributed by atoms with E-state index in [1.807, 2.05) is 6.92 Å². The summed E-state index contributed by atoms with van der Waals surface area (Å²) in [6.45, 7) is 3.86. The van der Waals surface area contributed by atoms with Crippen LogP contribution in [0.3, 0.4) is 0 Å². The number of benzene rings is 1. The van der Waals surface area contributed by atoms with Gasteiger partial charge in [0.15, 0.2) is 28.4 Å². The molecule has 1 heterocycles. The van der Waals surface area contributed by atoms with Gasteiger partial charge >= 0.3 is 0 Å². The van der Waals surface area contributed by atoms with Crippen LogP contribution in [0.1, 0.15) is 13.8 Å². The van der Waals surface area contributed by atoms with E-state index in [-0.39, 0.29) is 0 Å². The summed E-state index contributed by atoms with van der Waals surface area (Å²) in [6.07, 6.45) is 3.19. The van der Waals surface area contributed by atoms with Gasteiger partial charge in [0.25, 0.3) is 0 Å². The van der Waals surface area contributed by atoms with Gasteiger partial charge in [0.05, 0.1) is 5.25 Å². The zero-order valence-electron chi connectivity index (χ0n) is 12.5. The highest BCUT2D eigenvalue weighted by Crippen LogP contribution is 2.28. The number of nitrogens with one attached hydrogen (secondary N) is 1. The van der Waals surface area contributed by atoms with Gasteiger partial charge < -0.3 is 9.88 Å². The lowest BCUT2D eigenvalue weighted by Gasteiger charge is -2.14. The third kappa shape index (κ3) is 3.37. The number of rotatable bonds is 5. The van der Waals surface area contributed by atoms with Crippen molar-refractivity contribution in [3.8, 4) is 0 Å². The summed E-state index contributed by atoms with van der Waals surface area (Å²) in [4.78, 5) is 16.0. The largest absolute Gasteiger partial charge is 0.326 e. The van der Waals surface area contributed by atoms with Crippen molar-refractivity contribution in [1.82, 2.24) is 9.55 Å². The van der Waals surface area contributed by atoms with Gasteiger partial charge in [-0.3, -0.25) is 4.79 Å². The fourth-order valence-electron chi connectivity index (χ4n) is 1.81. The van der Waals surface area contributed by atoms with Crippen LogP contribution in [0.5, 0.6) is 0 Å². The van der Waals surface area contributed by atoms with Crippen LogP contribution in [-0.2, 0) is 11.3 Å². The SMILES string of the molecule is CCn1ccnc1S[C@H](C)C(=O)Nc1c(F)c(F)c(F)c(F)c1F. The number of hydrogen-bond donors (Lipinski definition) is 1. The summed E-state index contributed by atoms with van der Waals surface area (Å²) in [6, 6.07) is 0. The molecule has 1 aromatic heterocycles. The standard InChI is InChI=1S/C14H12F5N3OS/c1-3-22-5-4-20-14(22)24-6(2)13(23)21-12-10(18)8(16)7(15)9(17)11(12)19/h4-6H,3H2,1-2H3,(H,21,23)/t6-/m1/s1. The number of hydrogen-bond acceptors (Lipinski definition) is 3. The Balaban J connectivity index is 2.21. The molecule has 2 aromatic rings. The third-order valence-corrected chi connectivity index (χ3v) is 4.25. The zero-order valence-corrected chi connectivity index (χ0v) is 13.4. The van der Waals surface area contributed by atoms with Gasteiger partial charge in [-0.25, -0.2) is 26.9 Å². The predicted octanol–water partition coefficient (Wildman–Crippen LogP) is 3.72. The Morgan fingerprint density at radius 1 is 1.17 bits per heavy atom. The van der Waals surface area contributed by atoms with Crippen LogP contribution >= 0.6 is 11.8 Å². The molecule has 1 atom stereocenters. The lowest BCUT2D eigenvalue weighted by molar-refractivity contribution is -0.115. The first-order valence-electron chi connectivity index (χ1n) is 6.78. The molecule has 24 heavy (non-hydrogen) atoms. The Kier molecular flexibility index (Phi) is 5.47. The molecule has 0 saturated carbocycles. The van der Waals surface area contributed by atoms with E-state index in [1.165, 1.54) is 13.1 Å². The van der Waals surface area contributed by atoms with Gasteiger partial charge in [-0.2, -0.15) is 0 Å². The summed E-state index contributed by atoms with van der Waals surface area (Å²) in [5.41, 5.74) is -1.37. The number of anilines is 1. The molecule has 4 nitrogen and oxygen atoms in total. The van der Waals surface area contributed by atoms with Crippen LogP contribution in [0, 0.1) is 29.1 Å². The molecule has 1 aromatic carbocycles. The Morgan fingerprint density at radius 2 is 1.71 bits per heavy atom. The maximum absolute atomic E-state index is 13.6. The molecule has 0 aliphatic rings. The first-order valence-corrected chi connectivity index (χ1v) is 7.65. The molecule has 1 N–H and O–H groups in total. The highest BCUT2D eigenvalue weighted by Gasteiger charge is 2.28. The molecule has 0 bridgehead atoms.